The van der Waals surface area contributed by atoms with Crippen LogP contribution in [-0.2, 0) is 17.6 Å². The van der Waals surface area contributed by atoms with Crippen LogP contribution in [0.5, 0.6) is 5.75 Å². The Labute approximate surface area is 111 Å². The SMILES string of the molecule is COc1ccccc1Cc1noc(CCC(C)=O)n1. The highest BCUT2D eigenvalue weighted by atomic mass is 16.5. The minimum absolute atomic E-state index is 0.115. The van der Waals surface area contributed by atoms with Crippen molar-refractivity contribution in [3.63, 3.8) is 0 Å². The fourth-order valence-corrected chi connectivity index (χ4v) is 1.77. The Hall–Kier alpha value is -2.17. The Bertz CT molecular complexity index is 563. The minimum Gasteiger partial charge on any atom is -0.496 e. The van der Waals surface area contributed by atoms with Gasteiger partial charge in [0.05, 0.1) is 7.11 Å². The van der Waals surface area contributed by atoms with Crippen molar-refractivity contribution in [1.29, 1.82) is 0 Å². The topological polar surface area (TPSA) is 65.2 Å². The van der Waals surface area contributed by atoms with E-state index in [-0.39, 0.29) is 5.78 Å². The molecule has 19 heavy (non-hydrogen) atoms. The van der Waals surface area contributed by atoms with Gasteiger partial charge in [-0.1, -0.05) is 23.4 Å². The monoisotopic (exact) mass is 260 g/mol. The number of carbonyl (C=O) groups excluding carboxylic acids is 1. The molecule has 0 saturated carbocycles. The number of para-hydroxylation sites is 1. The van der Waals surface area contributed by atoms with Gasteiger partial charge < -0.3 is 14.1 Å². The van der Waals surface area contributed by atoms with Gasteiger partial charge in [0.15, 0.2) is 5.82 Å². The molecule has 100 valence electrons. The predicted octanol–water partition coefficient (Wildman–Crippen LogP) is 2.19. The molecular formula is C14H16N2O3. The lowest BCUT2D eigenvalue weighted by molar-refractivity contribution is -0.117. The van der Waals surface area contributed by atoms with E-state index in [1.54, 1.807) is 14.0 Å². The van der Waals surface area contributed by atoms with Crippen LogP contribution in [0.25, 0.3) is 0 Å². The third kappa shape index (κ3) is 3.64. The van der Waals surface area contributed by atoms with Gasteiger partial charge in [-0.15, -0.1) is 0 Å². The van der Waals surface area contributed by atoms with E-state index in [9.17, 15) is 4.79 Å². The average Bonchev–Trinajstić information content (AvgIpc) is 2.85. The van der Waals surface area contributed by atoms with Gasteiger partial charge in [0.1, 0.15) is 11.5 Å². The lowest BCUT2D eigenvalue weighted by Crippen LogP contribution is -1.96. The molecule has 1 aromatic heterocycles. The number of benzene rings is 1. The van der Waals surface area contributed by atoms with Crippen LogP contribution in [-0.4, -0.2) is 23.0 Å². The van der Waals surface area contributed by atoms with E-state index in [0.717, 1.165) is 11.3 Å². The second kappa shape index (κ2) is 6.13. The first-order valence-corrected chi connectivity index (χ1v) is 6.12. The third-order valence-corrected chi connectivity index (χ3v) is 2.74. The Morgan fingerprint density at radius 2 is 2.16 bits per heavy atom. The number of ether oxygens (including phenoxy) is 1. The van der Waals surface area contributed by atoms with Crippen molar-refractivity contribution in [2.75, 3.05) is 7.11 Å². The van der Waals surface area contributed by atoms with Crippen molar-refractivity contribution in [3.05, 3.63) is 41.5 Å². The predicted molar refractivity (Wildman–Crippen MR) is 69.1 cm³/mol. The second-order valence-corrected chi connectivity index (χ2v) is 4.29. The second-order valence-electron chi connectivity index (χ2n) is 4.29. The molecule has 0 atom stereocenters. The molecule has 0 aliphatic heterocycles. The molecular weight excluding hydrogens is 244 g/mol. The molecule has 0 fully saturated rings. The fraction of sp³-hybridized carbons (Fsp3) is 0.357. The summed E-state index contributed by atoms with van der Waals surface area (Å²) in [6.07, 6.45) is 1.47. The molecule has 0 saturated heterocycles. The van der Waals surface area contributed by atoms with Gasteiger partial charge in [-0.25, -0.2) is 0 Å². The molecule has 0 aliphatic rings. The van der Waals surface area contributed by atoms with Crippen molar-refractivity contribution >= 4 is 5.78 Å². The van der Waals surface area contributed by atoms with Crippen molar-refractivity contribution in [2.45, 2.75) is 26.2 Å². The Morgan fingerprint density at radius 1 is 1.37 bits per heavy atom. The average molecular weight is 260 g/mol. The number of methoxy groups -OCH3 is 1. The van der Waals surface area contributed by atoms with Crippen LogP contribution in [0.2, 0.25) is 0 Å². The Kier molecular flexibility index (Phi) is 4.28. The number of aryl methyl sites for hydroxylation is 1. The number of aromatic nitrogens is 2. The molecule has 5 heteroatoms. The quantitative estimate of drug-likeness (QED) is 0.796. The van der Waals surface area contributed by atoms with Gasteiger partial charge in [-0.3, -0.25) is 0 Å². The van der Waals surface area contributed by atoms with Gasteiger partial charge in [0, 0.05) is 24.8 Å². The Balaban J connectivity index is 2.05. The van der Waals surface area contributed by atoms with Crippen LogP contribution in [0.1, 0.15) is 30.6 Å². The van der Waals surface area contributed by atoms with Gasteiger partial charge >= 0.3 is 0 Å². The first-order valence-electron chi connectivity index (χ1n) is 6.12. The zero-order chi connectivity index (χ0) is 13.7. The molecule has 5 nitrogen and oxygen atoms in total. The Morgan fingerprint density at radius 3 is 2.89 bits per heavy atom. The van der Waals surface area contributed by atoms with E-state index in [1.165, 1.54) is 0 Å². The van der Waals surface area contributed by atoms with Crippen LogP contribution >= 0.6 is 0 Å². The molecule has 0 aliphatic carbocycles. The van der Waals surface area contributed by atoms with Crippen molar-refractivity contribution < 1.29 is 14.1 Å². The summed E-state index contributed by atoms with van der Waals surface area (Å²) in [5.74, 6) is 2.02. The maximum Gasteiger partial charge on any atom is 0.227 e. The van der Waals surface area contributed by atoms with E-state index >= 15 is 0 Å². The standard InChI is InChI=1S/C14H16N2O3/c1-10(17)7-8-14-15-13(16-19-14)9-11-5-3-4-6-12(11)18-2/h3-6H,7-9H2,1-2H3. The summed E-state index contributed by atoms with van der Waals surface area (Å²) in [6, 6.07) is 7.71. The van der Waals surface area contributed by atoms with Gasteiger partial charge in [0.25, 0.3) is 0 Å². The van der Waals surface area contributed by atoms with E-state index < -0.39 is 0 Å². The van der Waals surface area contributed by atoms with E-state index in [2.05, 4.69) is 10.1 Å². The number of carbonyl (C=O) groups is 1. The number of rotatable bonds is 6. The highest BCUT2D eigenvalue weighted by Crippen LogP contribution is 2.19. The smallest absolute Gasteiger partial charge is 0.227 e. The molecule has 0 spiro atoms. The van der Waals surface area contributed by atoms with Crippen molar-refractivity contribution in [3.8, 4) is 5.75 Å². The maximum absolute atomic E-state index is 10.9. The lowest BCUT2D eigenvalue weighted by atomic mass is 10.1. The summed E-state index contributed by atoms with van der Waals surface area (Å²) in [4.78, 5) is 15.2. The zero-order valence-electron chi connectivity index (χ0n) is 11.0. The summed E-state index contributed by atoms with van der Waals surface area (Å²) in [6.45, 7) is 1.55. The van der Waals surface area contributed by atoms with E-state index in [4.69, 9.17) is 9.26 Å². The number of hydrogen-bond acceptors (Lipinski definition) is 5. The zero-order valence-corrected chi connectivity index (χ0v) is 11.0. The third-order valence-electron chi connectivity index (χ3n) is 2.74. The molecule has 0 radical (unpaired) electrons. The van der Waals surface area contributed by atoms with Crippen molar-refractivity contribution in [2.24, 2.45) is 0 Å². The summed E-state index contributed by atoms with van der Waals surface area (Å²) < 4.78 is 10.4. The minimum atomic E-state index is 0.115. The molecule has 0 bridgehead atoms. The van der Waals surface area contributed by atoms with Gasteiger partial charge in [-0.2, -0.15) is 4.98 Å². The highest BCUT2D eigenvalue weighted by molar-refractivity contribution is 5.75. The summed E-state index contributed by atoms with van der Waals surface area (Å²) in [7, 11) is 1.63. The fourth-order valence-electron chi connectivity index (χ4n) is 1.77. The van der Waals surface area contributed by atoms with Gasteiger partial charge in [0.2, 0.25) is 5.89 Å². The van der Waals surface area contributed by atoms with E-state index in [1.807, 2.05) is 24.3 Å². The molecule has 0 N–H and O–H groups in total. The summed E-state index contributed by atoms with van der Waals surface area (Å²) in [5, 5.41) is 3.91. The first-order chi connectivity index (χ1) is 9.19. The molecule has 0 amide bonds. The highest BCUT2D eigenvalue weighted by Gasteiger charge is 2.10. The molecule has 2 aromatic rings. The normalized spacial score (nSPS) is 10.4. The van der Waals surface area contributed by atoms with Crippen LogP contribution in [0.3, 0.4) is 0 Å². The molecule has 1 aromatic carbocycles. The number of hydrogen-bond donors (Lipinski definition) is 0. The summed E-state index contributed by atoms with van der Waals surface area (Å²) >= 11 is 0. The van der Waals surface area contributed by atoms with Crippen LogP contribution < -0.4 is 4.74 Å². The molecule has 0 unspecified atom stereocenters. The van der Waals surface area contributed by atoms with Crippen molar-refractivity contribution in [1.82, 2.24) is 10.1 Å². The number of nitrogens with zero attached hydrogens (tertiary/aromatic N) is 2. The molecule has 1 heterocycles. The van der Waals surface area contributed by atoms with E-state index in [0.29, 0.717) is 31.0 Å². The van der Waals surface area contributed by atoms with Crippen LogP contribution in [0, 0.1) is 0 Å². The maximum atomic E-state index is 10.9. The van der Waals surface area contributed by atoms with Gasteiger partial charge in [-0.05, 0) is 13.0 Å². The first kappa shape index (κ1) is 13.3. The lowest BCUT2D eigenvalue weighted by Gasteiger charge is -2.04. The number of ketones is 1. The largest absolute Gasteiger partial charge is 0.496 e. The summed E-state index contributed by atoms with van der Waals surface area (Å²) in [5.41, 5.74) is 1.00. The molecule has 2 rings (SSSR count). The van der Waals surface area contributed by atoms with Crippen LogP contribution in [0.15, 0.2) is 28.8 Å². The number of Topliss-reactive ketones (excluding diaryl/α,β-unsaturated/α-hetero) is 1. The van der Waals surface area contributed by atoms with Crippen LogP contribution in [0.4, 0.5) is 0 Å².